The molecule has 2 aromatic rings. The molecule has 9 heteroatoms. The number of nitrogens with zero attached hydrogens (tertiary/aromatic N) is 1. The standard InChI is InChI=1S/C20H23ClN2O5S/c1-27-17-6-4-16(5-7-17)22-20(24)14-9-11-23(12-10-14)29(25,26)19-13-15(21)3-8-18(19)28-2/h3-8,13-14H,9-12H2,1-2H3,(H,22,24). The van der Waals surface area contributed by atoms with Crippen molar-refractivity contribution >= 4 is 33.2 Å². The summed E-state index contributed by atoms with van der Waals surface area (Å²) >= 11 is 5.98. The third kappa shape index (κ3) is 4.83. The molecule has 1 amide bonds. The molecule has 7 nitrogen and oxygen atoms in total. The molecular weight excluding hydrogens is 416 g/mol. The molecule has 1 fully saturated rings. The summed E-state index contributed by atoms with van der Waals surface area (Å²) in [5.41, 5.74) is 0.675. The molecule has 0 radical (unpaired) electrons. The minimum atomic E-state index is -3.76. The van der Waals surface area contributed by atoms with Gasteiger partial charge in [-0.3, -0.25) is 4.79 Å². The predicted octanol–water partition coefficient (Wildman–Crippen LogP) is 3.40. The summed E-state index contributed by atoms with van der Waals surface area (Å²) in [6.07, 6.45) is 0.869. The lowest BCUT2D eigenvalue weighted by atomic mass is 9.97. The van der Waals surface area contributed by atoms with Crippen molar-refractivity contribution in [2.75, 3.05) is 32.6 Å². The van der Waals surface area contributed by atoms with Crippen LogP contribution in [0.1, 0.15) is 12.8 Å². The molecule has 1 heterocycles. The van der Waals surface area contributed by atoms with Gasteiger partial charge in [-0.05, 0) is 55.3 Å². The van der Waals surface area contributed by atoms with Gasteiger partial charge in [0, 0.05) is 29.7 Å². The van der Waals surface area contributed by atoms with Crippen molar-refractivity contribution in [2.45, 2.75) is 17.7 Å². The number of hydrogen-bond donors (Lipinski definition) is 1. The van der Waals surface area contributed by atoms with Crippen LogP contribution in [0.25, 0.3) is 0 Å². The van der Waals surface area contributed by atoms with E-state index in [1.54, 1.807) is 37.4 Å². The monoisotopic (exact) mass is 438 g/mol. The second kappa shape index (κ2) is 9.02. The van der Waals surface area contributed by atoms with Crippen LogP contribution in [0, 0.1) is 5.92 Å². The fraction of sp³-hybridized carbons (Fsp3) is 0.350. The first-order chi connectivity index (χ1) is 13.8. The van der Waals surface area contributed by atoms with Gasteiger partial charge < -0.3 is 14.8 Å². The van der Waals surface area contributed by atoms with Gasteiger partial charge in [-0.2, -0.15) is 4.31 Å². The van der Waals surface area contributed by atoms with Crippen molar-refractivity contribution in [3.8, 4) is 11.5 Å². The first-order valence-corrected chi connectivity index (χ1v) is 11.0. The number of amides is 1. The molecule has 1 N–H and O–H groups in total. The lowest BCUT2D eigenvalue weighted by Crippen LogP contribution is -2.41. The van der Waals surface area contributed by atoms with E-state index in [4.69, 9.17) is 21.1 Å². The van der Waals surface area contributed by atoms with E-state index in [2.05, 4.69) is 5.32 Å². The molecule has 0 spiro atoms. The number of benzene rings is 2. The van der Waals surface area contributed by atoms with E-state index in [1.165, 1.54) is 23.5 Å². The number of ether oxygens (including phenoxy) is 2. The van der Waals surface area contributed by atoms with Crippen LogP contribution in [0.15, 0.2) is 47.4 Å². The molecule has 0 bridgehead atoms. The lowest BCUT2D eigenvalue weighted by Gasteiger charge is -2.31. The van der Waals surface area contributed by atoms with Crippen LogP contribution >= 0.6 is 11.6 Å². The van der Waals surface area contributed by atoms with Gasteiger partial charge in [-0.25, -0.2) is 8.42 Å². The van der Waals surface area contributed by atoms with E-state index in [0.717, 1.165) is 0 Å². The van der Waals surface area contributed by atoms with E-state index < -0.39 is 10.0 Å². The summed E-state index contributed by atoms with van der Waals surface area (Å²) in [5.74, 6) is 0.573. The van der Waals surface area contributed by atoms with Gasteiger partial charge in [0.1, 0.15) is 16.4 Å². The number of piperidine rings is 1. The van der Waals surface area contributed by atoms with Crippen molar-refractivity contribution < 1.29 is 22.7 Å². The fourth-order valence-electron chi connectivity index (χ4n) is 3.27. The maximum absolute atomic E-state index is 13.0. The van der Waals surface area contributed by atoms with E-state index in [0.29, 0.717) is 29.3 Å². The third-order valence-corrected chi connectivity index (χ3v) is 7.08. The van der Waals surface area contributed by atoms with Gasteiger partial charge in [-0.15, -0.1) is 0 Å². The van der Waals surface area contributed by atoms with Gasteiger partial charge in [0.15, 0.2) is 0 Å². The number of carbonyl (C=O) groups excluding carboxylic acids is 1. The Bertz CT molecular complexity index is 971. The summed E-state index contributed by atoms with van der Waals surface area (Å²) in [5, 5.41) is 3.19. The van der Waals surface area contributed by atoms with Crippen molar-refractivity contribution in [1.29, 1.82) is 0 Å². The van der Waals surface area contributed by atoms with Gasteiger partial charge >= 0.3 is 0 Å². The molecule has 1 saturated heterocycles. The van der Waals surface area contributed by atoms with Crippen molar-refractivity contribution in [1.82, 2.24) is 4.31 Å². The normalized spacial score (nSPS) is 15.7. The first kappa shape index (κ1) is 21.4. The number of halogens is 1. The zero-order chi connectivity index (χ0) is 21.0. The van der Waals surface area contributed by atoms with Gasteiger partial charge in [0.2, 0.25) is 15.9 Å². The molecule has 3 rings (SSSR count). The number of methoxy groups -OCH3 is 2. The number of carbonyl (C=O) groups is 1. The maximum Gasteiger partial charge on any atom is 0.246 e. The Labute approximate surface area is 175 Å². The first-order valence-electron chi connectivity index (χ1n) is 9.13. The van der Waals surface area contributed by atoms with Crippen LogP contribution in [0.4, 0.5) is 5.69 Å². The highest BCUT2D eigenvalue weighted by Crippen LogP contribution is 2.32. The maximum atomic E-state index is 13.0. The minimum absolute atomic E-state index is 0.0358. The minimum Gasteiger partial charge on any atom is -0.497 e. The number of rotatable bonds is 6. The Balaban J connectivity index is 1.65. The highest BCUT2D eigenvalue weighted by atomic mass is 35.5. The highest BCUT2D eigenvalue weighted by Gasteiger charge is 2.33. The molecule has 0 aliphatic carbocycles. The quantitative estimate of drug-likeness (QED) is 0.747. The summed E-state index contributed by atoms with van der Waals surface area (Å²) in [6, 6.07) is 11.6. The Morgan fingerprint density at radius 3 is 2.31 bits per heavy atom. The summed E-state index contributed by atoms with van der Waals surface area (Å²) in [4.78, 5) is 12.6. The van der Waals surface area contributed by atoms with Gasteiger partial charge in [0.05, 0.1) is 14.2 Å². The molecule has 0 aromatic heterocycles. The van der Waals surface area contributed by atoms with Crippen molar-refractivity contribution in [3.63, 3.8) is 0 Å². The van der Waals surface area contributed by atoms with E-state index in [1.807, 2.05) is 0 Å². The molecule has 29 heavy (non-hydrogen) atoms. The molecule has 0 atom stereocenters. The number of hydrogen-bond acceptors (Lipinski definition) is 5. The van der Waals surface area contributed by atoms with Crippen molar-refractivity contribution in [3.05, 3.63) is 47.5 Å². The average Bonchev–Trinajstić information content (AvgIpc) is 2.74. The molecule has 2 aromatic carbocycles. The number of nitrogens with one attached hydrogen (secondary N) is 1. The van der Waals surface area contributed by atoms with Gasteiger partial charge in [-0.1, -0.05) is 11.6 Å². The average molecular weight is 439 g/mol. The van der Waals surface area contributed by atoms with Crippen LogP contribution in [-0.2, 0) is 14.8 Å². The van der Waals surface area contributed by atoms with Crippen LogP contribution in [0.3, 0.4) is 0 Å². The van der Waals surface area contributed by atoms with E-state index >= 15 is 0 Å². The predicted molar refractivity (Wildman–Crippen MR) is 111 cm³/mol. The SMILES string of the molecule is COc1ccc(NC(=O)C2CCN(S(=O)(=O)c3cc(Cl)ccc3OC)CC2)cc1. The molecule has 1 aliphatic rings. The summed E-state index contributed by atoms with van der Waals surface area (Å²) in [6.45, 7) is 0.497. The van der Waals surface area contributed by atoms with Crippen LogP contribution < -0.4 is 14.8 Å². The van der Waals surface area contributed by atoms with E-state index in [-0.39, 0.29) is 35.6 Å². The van der Waals surface area contributed by atoms with Crippen LogP contribution in [-0.4, -0.2) is 45.9 Å². The summed E-state index contributed by atoms with van der Waals surface area (Å²) < 4.78 is 37.7. The zero-order valence-electron chi connectivity index (χ0n) is 16.2. The Morgan fingerprint density at radius 1 is 1.07 bits per heavy atom. The fourth-order valence-corrected chi connectivity index (χ4v) is 5.16. The van der Waals surface area contributed by atoms with Gasteiger partial charge in [0.25, 0.3) is 0 Å². The Hall–Kier alpha value is -2.29. The highest BCUT2D eigenvalue weighted by molar-refractivity contribution is 7.89. The largest absolute Gasteiger partial charge is 0.497 e. The molecule has 0 unspecified atom stereocenters. The van der Waals surface area contributed by atoms with Crippen LogP contribution in [0.2, 0.25) is 5.02 Å². The Kier molecular flexibility index (Phi) is 6.66. The number of anilines is 1. The number of sulfonamides is 1. The molecule has 0 saturated carbocycles. The molecule has 156 valence electrons. The van der Waals surface area contributed by atoms with Crippen molar-refractivity contribution in [2.24, 2.45) is 5.92 Å². The summed E-state index contributed by atoms with van der Waals surface area (Å²) in [7, 11) is -0.772. The second-order valence-corrected chi connectivity index (χ2v) is 9.03. The topological polar surface area (TPSA) is 84.9 Å². The second-order valence-electron chi connectivity index (χ2n) is 6.69. The smallest absolute Gasteiger partial charge is 0.246 e. The Morgan fingerprint density at radius 2 is 1.72 bits per heavy atom. The lowest BCUT2D eigenvalue weighted by molar-refractivity contribution is -0.120. The molecule has 1 aliphatic heterocycles. The van der Waals surface area contributed by atoms with Crippen LogP contribution in [0.5, 0.6) is 11.5 Å². The zero-order valence-corrected chi connectivity index (χ0v) is 17.8. The van der Waals surface area contributed by atoms with E-state index in [9.17, 15) is 13.2 Å². The molecular formula is C20H23ClN2O5S. The third-order valence-electron chi connectivity index (χ3n) is 4.93.